The maximum absolute atomic E-state index is 12.4. The van der Waals surface area contributed by atoms with Crippen molar-refractivity contribution >= 4 is 17.6 Å². The van der Waals surface area contributed by atoms with Crippen molar-refractivity contribution in [3.05, 3.63) is 34.9 Å². The molecule has 1 saturated heterocycles. The number of rotatable bonds is 4. The molecule has 1 fully saturated rings. The molecule has 1 aromatic rings. The van der Waals surface area contributed by atoms with Crippen LogP contribution in [0.1, 0.15) is 17.9 Å². The number of alkyl halides is 2. The predicted molar refractivity (Wildman–Crippen MR) is 72.4 cm³/mol. The number of benzene rings is 1. The lowest BCUT2D eigenvalue weighted by Crippen LogP contribution is -2.44. The summed E-state index contributed by atoms with van der Waals surface area (Å²) in [5.74, 6) is -1.76. The summed E-state index contributed by atoms with van der Waals surface area (Å²) in [6.07, 6.45) is -1.87. The summed E-state index contributed by atoms with van der Waals surface area (Å²) in [4.78, 5) is 12.9. The van der Waals surface area contributed by atoms with Gasteiger partial charge < -0.3 is 5.11 Å². The zero-order chi connectivity index (χ0) is 14.7. The van der Waals surface area contributed by atoms with Crippen molar-refractivity contribution in [2.45, 2.75) is 18.8 Å². The number of hydrogen-bond donors (Lipinski definition) is 1. The fraction of sp³-hybridized carbons (Fsp3) is 0.500. The molecular formula is C14H16ClF2NO2. The fourth-order valence-corrected chi connectivity index (χ4v) is 2.87. The number of carboxylic acids is 1. The molecule has 6 heteroatoms. The molecule has 20 heavy (non-hydrogen) atoms. The lowest BCUT2D eigenvalue weighted by molar-refractivity contribution is -0.144. The maximum atomic E-state index is 12.4. The van der Waals surface area contributed by atoms with Crippen LogP contribution in [0.5, 0.6) is 0 Å². The Kier molecular flexibility index (Phi) is 4.94. The van der Waals surface area contributed by atoms with Crippen LogP contribution in [-0.4, -0.2) is 42.0 Å². The first-order valence-electron chi connectivity index (χ1n) is 6.46. The van der Waals surface area contributed by atoms with Crippen LogP contribution < -0.4 is 0 Å². The minimum atomic E-state index is -2.43. The highest BCUT2D eigenvalue weighted by Crippen LogP contribution is 2.34. The third-order valence-electron chi connectivity index (χ3n) is 3.71. The molecule has 0 amide bonds. The summed E-state index contributed by atoms with van der Waals surface area (Å²) in [6.45, 7) is 0.283. The Hall–Kier alpha value is -1.20. The van der Waals surface area contributed by atoms with Crippen LogP contribution in [0, 0.1) is 5.92 Å². The number of halogens is 3. The fourth-order valence-electron chi connectivity index (χ4n) is 2.74. The van der Waals surface area contributed by atoms with Crippen molar-refractivity contribution in [1.29, 1.82) is 0 Å². The molecule has 1 aliphatic heterocycles. The van der Waals surface area contributed by atoms with Gasteiger partial charge in [0, 0.05) is 11.6 Å². The number of nitrogens with zero attached hydrogens (tertiary/aromatic N) is 1. The Morgan fingerprint density at radius 2 is 2.05 bits per heavy atom. The van der Waals surface area contributed by atoms with E-state index in [9.17, 15) is 18.7 Å². The number of likely N-dealkylation sites (tertiary alicyclic amines) is 1. The Labute approximate surface area is 121 Å². The van der Waals surface area contributed by atoms with E-state index in [4.69, 9.17) is 11.6 Å². The highest BCUT2D eigenvalue weighted by molar-refractivity contribution is 6.30. The zero-order valence-electron chi connectivity index (χ0n) is 10.8. The summed E-state index contributed by atoms with van der Waals surface area (Å²) in [6, 6.07) is 7.07. The molecule has 1 aliphatic rings. The number of aliphatic carboxylic acids is 1. The van der Waals surface area contributed by atoms with Gasteiger partial charge in [-0.1, -0.05) is 23.7 Å². The van der Waals surface area contributed by atoms with E-state index < -0.39 is 18.3 Å². The molecule has 110 valence electrons. The lowest BCUT2D eigenvalue weighted by atomic mass is 9.80. The van der Waals surface area contributed by atoms with Crippen LogP contribution in [0.2, 0.25) is 5.02 Å². The predicted octanol–water partition coefficient (Wildman–Crippen LogP) is 3.10. The van der Waals surface area contributed by atoms with E-state index in [2.05, 4.69) is 0 Å². The van der Waals surface area contributed by atoms with Gasteiger partial charge in [0.2, 0.25) is 0 Å². The van der Waals surface area contributed by atoms with Gasteiger partial charge in [0.15, 0.2) is 0 Å². The van der Waals surface area contributed by atoms with E-state index in [1.54, 1.807) is 12.1 Å². The molecule has 0 radical (unpaired) electrons. The van der Waals surface area contributed by atoms with Crippen molar-refractivity contribution in [2.24, 2.45) is 5.92 Å². The minimum Gasteiger partial charge on any atom is -0.481 e. The van der Waals surface area contributed by atoms with Gasteiger partial charge in [-0.05, 0) is 36.6 Å². The molecule has 3 nitrogen and oxygen atoms in total. The third kappa shape index (κ3) is 3.67. The number of piperidine rings is 1. The average Bonchev–Trinajstić information content (AvgIpc) is 2.39. The standard InChI is InChI=1S/C14H16ClF2NO2/c15-10-3-1-9(2-4-10)11-5-6-18(8-13(16)17)7-12(11)14(19)20/h1-4,11-13H,5-8H2,(H,19,20)/t11-,12+/m0/s1. The van der Waals surface area contributed by atoms with E-state index in [-0.39, 0.29) is 19.0 Å². The summed E-state index contributed by atoms with van der Waals surface area (Å²) in [5, 5.41) is 9.93. The molecule has 0 bridgehead atoms. The second kappa shape index (κ2) is 6.50. The summed E-state index contributed by atoms with van der Waals surface area (Å²) >= 11 is 5.82. The summed E-state index contributed by atoms with van der Waals surface area (Å²) < 4.78 is 24.8. The van der Waals surface area contributed by atoms with Crippen molar-refractivity contribution in [3.8, 4) is 0 Å². The molecule has 0 aromatic heterocycles. The number of carbonyl (C=O) groups is 1. The Morgan fingerprint density at radius 1 is 1.40 bits per heavy atom. The van der Waals surface area contributed by atoms with Crippen LogP contribution in [-0.2, 0) is 4.79 Å². The summed E-state index contributed by atoms with van der Waals surface area (Å²) in [5.41, 5.74) is 0.901. The Balaban J connectivity index is 2.13. The highest BCUT2D eigenvalue weighted by Gasteiger charge is 2.35. The van der Waals surface area contributed by atoms with Crippen LogP contribution in [0.3, 0.4) is 0 Å². The van der Waals surface area contributed by atoms with Gasteiger partial charge in [-0.3, -0.25) is 9.69 Å². The van der Waals surface area contributed by atoms with Crippen molar-refractivity contribution in [1.82, 2.24) is 4.90 Å². The number of carboxylic acid groups (broad SMARTS) is 1. The normalized spacial score (nSPS) is 24.0. The van der Waals surface area contributed by atoms with Gasteiger partial charge in [-0.15, -0.1) is 0 Å². The molecule has 2 atom stereocenters. The SMILES string of the molecule is O=C(O)[C@@H]1CN(CC(F)F)CC[C@H]1c1ccc(Cl)cc1. The van der Waals surface area contributed by atoms with Gasteiger partial charge in [0.05, 0.1) is 12.5 Å². The molecular weight excluding hydrogens is 288 g/mol. The molecule has 0 unspecified atom stereocenters. The molecule has 1 N–H and O–H groups in total. The first kappa shape index (κ1) is 15.2. The van der Waals surface area contributed by atoms with E-state index in [0.29, 0.717) is 18.0 Å². The monoisotopic (exact) mass is 303 g/mol. The van der Waals surface area contributed by atoms with Crippen molar-refractivity contribution in [3.63, 3.8) is 0 Å². The smallest absolute Gasteiger partial charge is 0.308 e. The minimum absolute atomic E-state index is 0.154. The average molecular weight is 304 g/mol. The van der Waals surface area contributed by atoms with E-state index in [1.165, 1.54) is 4.90 Å². The summed E-state index contributed by atoms with van der Waals surface area (Å²) in [7, 11) is 0. The van der Waals surface area contributed by atoms with Crippen LogP contribution >= 0.6 is 11.6 Å². The topological polar surface area (TPSA) is 40.5 Å². The Bertz CT molecular complexity index is 467. The zero-order valence-corrected chi connectivity index (χ0v) is 11.6. The van der Waals surface area contributed by atoms with E-state index in [0.717, 1.165) is 5.56 Å². The second-order valence-corrected chi connectivity index (χ2v) is 5.48. The molecule has 2 rings (SSSR count). The van der Waals surface area contributed by atoms with E-state index in [1.807, 2.05) is 12.1 Å². The van der Waals surface area contributed by atoms with Crippen molar-refractivity contribution in [2.75, 3.05) is 19.6 Å². The lowest BCUT2D eigenvalue weighted by Gasteiger charge is -2.36. The highest BCUT2D eigenvalue weighted by atomic mass is 35.5. The van der Waals surface area contributed by atoms with Gasteiger partial charge in [-0.25, -0.2) is 8.78 Å². The molecule has 1 aromatic carbocycles. The quantitative estimate of drug-likeness (QED) is 0.929. The second-order valence-electron chi connectivity index (χ2n) is 5.04. The van der Waals surface area contributed by atoms with Crippen LogP contribution in [0.4, 0.5) is 8.78 Å². The van der Waals surface area contributed by atoms with Crippen LogP contribution in [0.15, 0.2) is 24.3 Å². The van der Waals surface area contributed by atoms with Crippen molar-refractivity contribution < 1.29 is 18.7 Å². The molecule has 0 aliphatic carbocycles. The van der Waals surface area contributed by atoms with Gasteiger partial charge in [-0.2, -0.15) is 0 Å². The van der Waals surface area contributed by atoms with Gasteiger partial charge in [0.1, 0.15) is 0 Å². The Morgan fingerprint density at radius 3 is 2.60 bits per heavy atom. The molecule has 0 spiro atoms. The number of hydrogen-bond acceptors (Lipinski definition) is 2. The maximum Gasteiger partial charge on any atom is 0.308 e. The first-order valence-corrected chi connectivity index (χ1v) is 6.84. The third-order valence-corrected chi connectivity index (χ3v) is 3.96. The van der Waals surface area contributed by atoms with Crippen LogP contribution in [0.25, 0.3) is 0 Å². The first-order chi connectivity index (χ1) is 9.47. The molecule has 0 saturated carbocycles. The largest absolute Gasteiger partial charge is 0.481 e. The molecule has 1 heterocycles. The van der Waals surface area contributed by atoms with Gasteiger partial charge >= 0.3 is 5.97 Å². The van der Waals surface area contributed by atoms with Gasteiger partial charge in [0.25, 0.3) is 6.43 Å². The van der Waals surface area contributed by atoms with E-state index >= 15 is 0 Å².